The molecule has 0 spiro atoms. The van der Waals surface area contributed by atoms with Crippen LogP contribution in [0, 0.1) is 5.82 Å². The van der Waals surface area contributed by atoms with E-state index in [9.17, 15) is 12.8 Å². The summed E-state index contributed by atoms with van der Waals surface area (Å²) >= 11 is 3.05. The molecule has 0 radical (unpaired) electrons. The third-order valence-corrected chi connectivity index (χ3v) is 2.61. The van der Waals surface area contributed by atoms with Gasteiger partial charge in [-0.2, -0.15) is 8.42 Å². The highest BCUT2D eigenvalue weighted by Crippen LogP contribution is 2.21. The van der Waals surface area contributed by atoms with Gasteiger partial charge in [0.15, 0.2) is 0 Å². The number of rotatable bonds is 3. The smallest absolute Gasteiger partial charge is 0.261 e. The molecule has 4 nitrogen and oxygen atoms in total. The van der Waals surface area contributed by atoms with Gasteiger partial charge in [-0.05, 0) is 28.9 Å². The molecule has 0 aliphatic heterocycles. The van der Waals surface area contributed by atoms with Crippen molar-refractivity contribution in [3.63, 3.8) is 0 Å². The second-order valence-electron chi connectivity index (χ2n) is 2.96. The summed E-state index contributed by atoms with van der Waals surface area (Å²) in [6.07, 6.45) is 1.34. The van der Waals surface area contributed by atoms with Gasteiger partial charge in [-0.3, -0.25) is 9.17 Å². The lowest BCUT2D eigenvalue weighted by atomic mass is 10.2. The highest BCUT2D eigenvalue weighted by atomic mass is 79.9. The minimum atomic E-state index is -3.62. The molecule has 0 aliphatic carbocycles. The molecule has 1 heterocycles. The summed E-state index contributed by atoms with van der Waals surface area (Å²) in [6, 6.07) is 1.20. The molecular weight excluding hydrogens is 289 g/mol. The van der Waals surface area contributed by atoms with Crippen molar-refractivity contribution in [3.8, 4) is 0 Å². The molecule has 84 valence electrons. The maximum absolute atomic E-state index is 13.3. The average Bonchev–Trinajstić information content (AvgIpc) is 1.99. The summed E-state index contributed by atoms with van der Waals surface area (Å²) < 4.78 is 40.0. The van der Waals surface area contributed by atoms with Crippen molar-refractivity contribution >= 4 is 26.0 Å². The van der Waals surface area contributed by atoms with E-state index in [1.54, 1.807) is 0 Å². The Morgan fingerprint density at radius 3 is 2.67 bits per heavy atom. The van der Waals surface area contributed by atoms with Crippen LogP contribution in [0.4, 0.5) is 4.39 Å². The minimum Gasteiger partial charge on any atom is -0.261 e. The van der Waals surface area contributed by atoms with Crippen LogP contribution < -0.4 is 0 Å². The van der Waals surface area contributed by atoms with Crippen LogP contribution >= 0.6 is 15.9 Å². The summed E-state index contributed by atoms with van der Waals surface area (Å²) in [5.41, 5.74) is -0.0383. The first-order chi connectivity index (χ1) is 6.79. The van der Waals surface area contributed by atoms with Crippen molar-refractivity contribution in [1.82, 2.24) is 4.98 Å². The standard InChI is InChI=1S/C8H9BrFNO3S/c1-5(14-15(2,12)13)8-7(10)3-6(9)4-11-8/h3-5H,1-2H3. The summed E-state index contributed by atoms with van der Waals surface area (Å²) in [6.45, 7) is 1.42. The van der Waals surface area contributed by atoms with E-state index >= 15 is 0 Å². The van der Waals surface area contributed by atoms with Crippen LogP contribution in [-0.2, 0) is 14.3 Å². The Morgan fingerprint density at radius 1 is 1.60 bits per heavy atom. The van der Waals surface area contributed by atoms with Crippen molar-refractivity contribution < 1.29 is 17.0 Å². The first-order valence-corrected chi connectivity index (χ1v) is 6.60. The Hall–Kier alpha value is -0.530. The van der Waals surface area contributed by atoms with E-state index in [1.165, 1.54) is 19.2 Å². The van der Waals surface area contributed by atoms with E-state index in [0.717, 1.165) is 6.26 Å². The van der Waals surface area contributed by atoms with E-state index in [1.807, 2.05) is 0 Å². The van der Waals surface area contributed by atoms with Crippen molar-refractivity contribution in [2.75, 3.05) is 6.26 Å². The minimum absolute atomic E-state index is 0.0383. The largest absolute Gasteiger partial charge is 0.265 e. The molecule has 1 atom stereocenters. The summed E-state index contributed by atoms with van der Waals surface area (Å²) in [7, 11) is -3.62. The van der Waals surface area contributed by atoms with Gasteiger partial charge in [0.1, 0.15) is 17.6 Å². The second-order valence-corrected chi connectivity index (χ2v) is 5.48. The lowest BCUT2D eigenvalue weighted by Gasteiger charge is -2.10. The fourth-order valence-electron chi connectivity index (χ4n) is 1.03. The fraction of sp³-hybridized carbons (Fsp3) is 0.375. The number of pyridine rings is 1. The van der Waals surface area contributed by atoms with Gasteiger partial charge in [0.2, 0.25) is 0 Å². The lowest BCUT2D eigenvalue weighted by molar-refractivity contribution is 0.225. The Bertz CT molecular complexity index is 463. The predicted octanol–water partition coefficient (Wildman–Crippen LogP) is 2.02. The molecule has 1 aromatic rings. The molecule has 0 saturated carbocycles. The zero-order chi connectivity index (χ0) is 11.6. The van der Waals surface area contributed by atoms with E-state index in [0.29, 0.717) is 4.47 Å². The van der Waals surface area contributed by atoms with Gasteiger partial charge in [0.05, 0.1) is 6.26 Å². The van der Waals surface area contributed by atoms with Gasteiger partial charge in [-0.25, -0.2) is 4.39 Å². The van der Waals surface area contributed by atoms with E-state index in [-0.39, 0.29) is 5.69 Å². The molecule has 1 aromatic heterocycles. The van der Waals surface area contributed by atoms with Gasteiger partial charge in [-0.1, -0.05) is 0 Å². The van der Waals surface area contributed by atoms with Gasteiger partial charge in [0.25, 0.3) is 10.1 Å². The van der Waals surface area contributed by atoms with Crippen LogP contribution in [0.2, 0.25) is 0 Å². The SMILES string of the molecule is CC(OS(C)(=O)=O)c1ncc(Br)cc1F. The van der Waals surface area contributed by atoms with Gasteiger partial charge >= 0.3 is 0 Å². The molecule has 0 saturated heterocycles. The van der Waals surface area contributed by atoms with Crippen LogP contribution in [0.3, 0.4) is 0 Å². The number of nitrogens with zero attached hydrogens (tertiary/aromatic N) is 1. The Balaban J connectivity index is 2.97. The molecule has 0 amide bonds. The van der Waals surface area contributed by atoms with Crippen molar-refractivity contribution in [1.29, 1.82) is 0 Å². The maximum Gasteiger partial charge on any atom is 0.265 e. The first kappa shape index (κ1) is 12.5. The lowest BCUT2D eigenvalue weighted by Crippen LogP contribution is -2.10. The van der Waals surface area contributed by atoms with E-state index < -0.39 is 22.0 Å². The van der Waals surface area contributed by atoms with Crippen LogP contribution in [0.1, 0.15) is 18.7 Å². The van der Waals surface area contributed by atoms with Crippen LogP contribution in [0.25, 0.3) is 0 Å². The molecule has 15 heavy (non-hydrogen) atoms. The molecule has 0 bridgehead atoms. The van der Waals surface area contributed by atoms with Gasteiger partial charge < -0.3 is 0 Å². The number of aromatic nitrogens is 1. The van der Waals surface area contributed by atoms with Crippen LogP contribution in [0.5, 0.6) is 0 Å². The molecule has 1 rings (SSSR count). The number of halogens is 2. The zero-order valence-electron chi connectivity index (χ0n) is 8.07. The van der Waals surface area contributed by atoms with E-state index in [4.69, 9.17) is 0 Å². The normalized spacial score (nSPS) is 13.9. The van der Waals surface area contributed by atoms with Gasteiger partial charge in [-0.15, -0.1) is 0 Å². The maximum atomic E-state index is 13.3. The van der Waals surface area contributed by atoms with Crippen molar-refractivity contribution in [3.05, 3.63) is 28.2 Å². The molecule has 0 aromatic carbocycles. The third kappa shape index (κ3) is 3.84. The average molecular weight is 298 g/mol. The number of hydrogen-bond donors (Lipinski definition) is 0. The summed E-state index contributed by atoms with van der Waals surface area (Å²) in [5.74, 6) is -0.611. The highest BCUT2D eigenvalue weighted by Gasteiger charge is 2.17. The number of hydrogen-bond acceptors (Lipinski definition) is 4. The topological polar surface area (TPSA) is 56.3 Å². The molecular formula is C8H9BrFNO3S. The predicted molar refractivity (Wildman–Crippen MR) is 56.2 cm³/mol. The van der Waals surface area contributed by atoms with Crippen molar-refractivity contribution in [2.24, 2.45) is 0 Å². The molecule has 7 heteroatoms. The summed E-state index contributed by atoms with van der Waals surface area (Å²) in [5, 5.41) is 0. The molecule has 0 aliphatic rings. The fourth-order valence-corrected chi connectivity index (χ4v) is 1.95. The second kappa shape index (κ2) is 4.54. The molecule has 0 N–H and O–H groups in total. The Kier molecular flexibility index (Phi) is 3.80. The quantitative estimate of drug-likeness (QED) is 0.801. The Labute approximate surface area is 95.7 Å². The molecule has 1 unspecified atom stereocenters. The Morgan fingerprint density at radius 2 is 2.20 bits per heavy atom. The zero-order valence-corrected chi connectivity index (χ0v) is 10.5. The summed E-state index contributed by atoms with van der Waals surface area (Å²) in [4.78, 5) is 3.75. The molecule has 0 fully saturated rings. The van der Waals surface area contributed by atoms with Crippen molar-refractivity contribution in [2.45, 2.75) is 13.0 Å². The highest BCUT2D eigenvalue weighted by molar-refractivity contribution is 9.10. The van der Waals surface area contributed by atoms with Crippen LogP contribution in [0.15, 0.2) is 16.7 Å². The van der Waals surface area contributed by atoms with Gasteiger partial charge in [0, 0.05) is 10.7 Å². The van der Waals surface area contributed by atoms with Crippen LogP contribution in [-0.4, -0.2) is 19.7 Å². The first-order valence-electron chi connectivity index (χ1n) is 3.99. The monoisotopic (exact) mass is 297 g/mol. The third-order valence-electron chi connectivity index (χ3n) is 1.54. The van der Waals surface area contributed by atoms with E-state index in [2.05, 4.69) is 25.1 Å².